The van der Waals surface area contributed by atoms with E-state index in [1.807, 2.05) is 12.1 Å². The summed E-state index contributed by atoms with van der Waals surface area (Å²) in [5.74, 6) is 0.762. The number of fused-ring (bicyclic) bond motifs is 1. The molecule has 0 saturated carbocycles. The number of pyridine rings is 1. The van der Waals surface area contributed by atoms with Gasteiger partial charge in [0.1, 0.15) is 5.82 Å². The first-order valence-electron chi connectivity index (χ1n) is 5.76. The average molecular weight is 343 g/mol. The van der Waals surface area contributed by atoms with E-state index >= 15 is 0 Å². The van der Waals surface area contributed by atoms with Crippen molar-refractivity contribution in [1.82, 2.24) is 4.98 Å². The highest BCUT2D eigenvalue weighted by Crippen LogP contribution is 2.41. The highest BCUT2D eigenvalue weighted by molar-refractivity contribution is 9.10. The second kappa shape index (κ2) is 4.90. The molecule has 1 aromatic carbocycles. The van der Waals surface area contributed by atoms with Crippen LogP contribution in [0.1, 0.15) is 5.56 Å². The van der Waals surface area contributed by atoms with E-state index < -0.39 is 6.29 Å². The van der Waals surface area contributed by atoms with Crippen molar-refractivity contribution in [3.8, 4) is 11.5 Å². The normalized spacial score (nSPS) is 15.2. The standard InChI is InChI=1S/C13H9BrF2N2O2/c14-9-3-4-17-12(6-9)18-7-8-1-2-10-11(5-8)20-13(15,16)19-10/h1-6H,7H2,(H,17,18). The highest BCUT2D eigenvalue weighted by Gasteiger charge is 2.43. The number of hydrogen-bond acceptors (Lipinski definition) is 4. The zero-order valence-corrected chi connectivity index (χ0v) is 11.7. The number of alkyl halides is 2. The molecule has 1 aliphatic heterocycles. The van der Waals surface area contributed by atoms with E-state index in [1.54, 1.807) is 12.3 Å². The van der Waals surface area contributed by atoms with Gasteiger partial charge in [0.2, 0.25) is 0 Å². The summed E-state index contributed by atoms with van der Waals surface area (Å²) >= 11 is 3.34. The number of hydrogen-bond donors (Lipinski definition) is 1. The van der Waals surface area contributed by atoms with Gasteiger partial charge in [-0.05, 0) is 29.8 Å². The van der Waals surface area contributed by atoms with Crippen LogP contribution in [0.3, 0.4) is 0 Å². The van der Waals surface area contributed by atoms with Crippen LogP contribution < -0.4 is 14.8 Å². The van der Waals surface area contributed by atoms with Gasteiger partial charge in [0.15, 0.2) is 11.5 Å². The van der Waals surface area contributed by atoms with Gasteiger partial charge in [-0.1, -0.05) is 22.0 Å². The minimum absolute atomic E-state index is 0.0384. The molecule has 7 heteroatoms. The van der Waals surface area contributed by atoms with Crippen LogP contribution in [0.2, 0.25) is 0 Å². The van der Waals surface area contributed by atoms with Crippen molar-refractivity contribution < 1.29 is 18.3 Å². The lowest BCUT2D eigenvalue weighted by Crippen LogP contribution is -2.25. The fourth-order valence-electron chi connectivity index (χ4n) is 1.80. The molecule has 0 unspecified atom stereocenters. The molecule has 2 heterocycles. The maximum atomic E-state index is 12.9. The van der Waals surface area contributed by atoms with Gasteiger partial charge in [0.25, 0.3) is 0 Å². The van der Waals surface area contributed by atoms with Gasteiger partial charge >= 0.3 is 6.29 Å². The molecule has 1 aliphatic rings. The van der Waals surface area contributed by atoms with E-state index in [0.29, 0.717) is 12.4 Å². The van der Waals surface area contributed by atoms with Crippen LogP contribution in [0.4, 0.5) is 14.6 Å². The van der Waals surface area contributed by atoms with Crippen molar-refractivity contribution in [2.75, 3.05) is 5.32 Å². The molecule has 0 saturated heterocycles. The summed E-state index contributed by atoms with van der Waals surface area (Å²) < 4.78 is 35.4. The van der Waals surface area contributed by atoms with Gasteiger partial charge in [0.05, 0.1) is 0 Å². The van der Waals surface area contributed by atoms with E-state index in [1.165, 1.54) is 12.1 Å². The van der Waals surface area contributed by atoms with Crippen molar-refractivity contribution in [3.05, 3.63) is 46.6 Å². The Morgan fingerprint density at radius 3 is 2.75 bits per heavy atom. The lowest BCUT2D eigenvalue weighted by molar-refractivity contribution is -0.286. The minimum atomic E-state index is -3.58. The SMILES string of the molecule is FC1(F)Oc2ccc(CNc3cc(Br)ccn3)cc2O1. The summed E-state index contributed by atoms with van der Waals surface area (Å²) in [6, 6.07) is 8.30. The molecule has 0 amide bonds. The van der Waals surface area contributed by atoms with E-state index in [9.17, 15) is 8.78 Å². The molecule has 0 aliphatic carbocycles. The van der Waals surface area contributed by atoms with Gasteiger partial charge in [-0.2, -0.15) is 0 Å². The number of rotatable bonds is 3. The molecule has 4 nitrogen and oxygen atoms in total. The number of aromatic nitrogens is 1. The Morgan fingerprint density at radius 2 is 1.95 bits per heavy atom. The Morgan fingerprint density at radius 1 is 1.15 bits per heavy atom. The second-order valence-electron chi connectivity index (χ2n) is 4.16. The van der Waals surface area contributed by atoms with Crippen LogP contribution in [-0.2, 0) is 6.54 Å². The molecule has 1 aromatic heterocycles. The molecule has 0 spiro atoms. The molecule has 2 aromatic rings. The fourth-order valence-corrected chi connectivity index (χ4v) is 2.13. The molecule has 0 fully saturated rings. The van der Waals surface area contributed by atoms with Gasteiger partial charge in [-0.3, -0.25) is 0 Å². The number of ether oxygens (including phenoxy) is 2. The van der Waals surface area contributed by atoms with E-state index in [4.69, 9.17) is 0 Å². The van der Waals surface area contributed by atoms with E-state index in [0.717, 1.165) is 10.0 Å². The summed E-state index contributed by atoms with van der Waals surface area (Å²) in [6.07, 6.45) is -1.92. The minimum Gasteiger partial charge on any atom is -0.395 e. The van der Waals surface area contributed by atoms with Crippen molar-refractivity contribution in [2.24, 2.45) is 0 Å². The van der Waals surface area contributed by atoms with Gasteiger partial charge in [0, 0.05) is 17.2 Å². The largest absolute Gasteiger partial charge is 0.586 e. The Balaban J connectivity index is 1.71. The molecular formula is C13H9BrF2N2O2. The molecule has 0 radical (unpaired) electrons. The summed E-state index contributed by atoms with van der Waals surface area (Å²) in [4.78, 5) is 4.13. The first kappa shape index (κ1) is 13.1. The number of nitrogens with zero attached hydrogens (tertiary/aromatic N) is 1. The molecular weight excluding hydrogens is 334 g/mol. The van der Waals surface area contributed by atoms with Crippen LogP contribution in [-0.4, -0.2) is 11.3 Å². The summed E-state index contributed by atoms with van der Waals surface area (Å²) in [5, 5.41) is 3.09. The Hall–Kier alpha value is -1.89. The van der Waals surface area contributed by atoms with Crippen molar-refractivity contribution >= 4 is 21.7 Å². The third-order valence-corrected chi connectivity index (χ3v) is 3.15. The molecule has 0 bridgehead atoms. The summed E-state index contributed by atoms with van der Waals surface area (Å²) in [5.41, 5.74) is 0.784. The quantitative estimate of drug-likeness (QED) is 0.921. The van der Waals surface area contributed by atoms with Crippen LogP contribution >= 0.6 is 15.9 Å². The predicted octanol–water partition coefficient (Wildman–Crippen LogP) is 3.78. The summed E-state index contributed by atoms with van der Waals surface area (Å²) in [6.45, 7) is 0.436. The van der Waals surface area contributed by atoms with E-state index in [2.05, 4.69) is 35.7 Å². The molecule has 0 atom stereocenters. The fraction of sp³-hybridized carbons (Fsp3) is 0.154. The Labute approximate surface area is 121 Å². The van der Waals surface area contributed by atoms with Crippen molar-refractivity contribution in [2.45, 2.75) is 12.8 Å². The van der Waals surface area contributed by atoms with Crippen LogP contribution in [0.5, 0.6) is 11.5 Å². The van der Waals surface area contributed by atoms with Gasteiger partial charge < -0.3 is 14.8 Å². The third kappa shape index (κ3) is 2.82. The van der Waals surface area contributed by atoms with Gasteiger partial charge in [-0.25, -0.2) is 4.98 Å². The van der Waals surface area contributed by atoms with Crippen molar-refractivity contribution in [3.63, 3.8) is 0 Å². The first-order chi connectivity index (χ1) is 9.52. The topological polar surface area (TPSA) is 43.4 Å². The summed E-state index contributed by atoms with van der Waals surface area (Å²) in [7, 11) is 0. The van der Waals surface area contributed by atoms with Gasteiger partial charge in [-0.15, -0.1) is 8.78 Å². The van der Waals surface area contributed by atoms with Crippen molar-refractivity contribution in [1.29, 1.82) is 0 Å². The molecule has 3 rings (SSSR count). The lowest BCUT2D eigenvalue weighted by atomic mass is 10.2. The third-order valence-electron chi connectivity index (χ3n) is 2.66. The van der Waals surface area contributed by atoms with E-state index in [-0.39, 0.29) is 11.5 Å². The predicted molar refractivity (Wildman–Crippen MR) is 71.9 cm³/mol. The monoisotopic (exact) mass is 342 g/mol. The first-order valence-corrected chi connectivity index (χ1v) is 6.55. The number of anilines is 1. The Bertz CT molecular complexity index is 652. The highest BCUT2D eigenvalue weighted by atomic mass is 79.9. The Kier molecular flexibility index (Phi) is 3.21. The van der Waals surface area contributed by atoms with Crippen LogP contribution in [0.25, 0.3) is 0 Å². The number of nitrogens with one attached hydrogen (secondary N) is 1. The number of benzene rings is 1. The molecule has 104 valence electrons. The lowest BCUT2D eigenvalue weighted by Gasteiger charge is -2.06. The van der Waals surface area contributed by atoms with Crippen LogP contribution in [0, 0.1) is 0 Å². The zero-order valence-electron chi connectivity index (χ0n) is 10.1. The second-order valence-corrected chi connectivity index (χ2v) is 5.08. The molecule has 20 heavy (non-hydrogen) atoms. The smallest absolute Gasteiger partial charge is 0.395 e. The average Bonchev–Trinajstić information content (AvgIpc) is 2.69. The maximum Gasteiger partial charge on any atom is 0.586 e. The molecule has 1 N–H and O–H groups in total. The zero-order chi connectivity index (χ0) is 14.2. The maximum absolute atomic E-state index is 12.9. The van der Waals surface area contributed by atoms with Crippen LogP contribution in [0.15, 0.2) is 41.0 Å². The number of halogens is 3.